The lowest BCUT2D eigenvalue weighted by Gasteiger charge is -2.19. The fraction of sp³-hybridized carbons (Fsp3) is 0.571. The Labute approximate surface area is 114 Å². The molecule has 18 heavy (non-hydrogen) atoms. The zero-order valence-electron chi connectivity index (χ0n) is 11.3. The highest BCUT2D eigenvalue weighted by Gasteiger charge is 2.41. The second-order valence-electron chi connectivity index (χ2n) is 5.19. The van der Waals surface area contributed by atoms with Gasteiger partial charge in [0.25, 0.3) is 0 Å². The summed E-state index contributed by atoms with van der Waals surface area (Å²) >= 11 is 6.10. The zero-order chi connectivity index (χ0) is 13.2. The molecule has 2 N–H and O–H groups in total. The van der Waals surface area contributed by atoms with Gasteiger partial charge in [0.05, 0.1) is 12.8 Å². The van der Waals surface area contributed by atoms with Gasteiger partial charge >= 0.3 is 0 Å². The van der Waals surface area contributed by atoms with Crippen LogP contribution in [0, 0.1) is 12.3 Å². The van der Waals surface area contributed by atoms with Crippen LogP contribution in [0.25, 0.3) is 0 Å². The molecule has 0 spiro atoms. The fourth-order valence-corrected chi connectivity index (χ4v) is 2.66. The van der Waals surface area contributed by atoms with Crippen molar-refractivity contribution >= 4 is 17.3 Å². The standard InChI is InChI=1S/C14H21ClN2O/c1-10-6-11(15)7-12(13(10)18-3)17-9-14(4-5-14)8-16-2/h6-7,16-17H,4-5,8-9H2,1-3H3. The predicted octanol–water partition coefficient (Wildman–Crippen LogP) is 3.07. The van der Waals surface area contributed by atoms with Crippen LogP contribution in [0.2, 0.25) is 5.02 Å². The van der Waals surface area contributed by atoms with Crippen molar-refractivity contribution in [2.24, 2.45) is 5.41 Å². The molecule has 0 atom stereocenters. The van der Waals surface area contributed by atoms with E-state index in [1.165, 1.54) is 12.8 Å². The van der Waals surface area contributed by atoms with Crippen molar-refractivity contribution in [2.45, 2.75) is 19.8 Å². The van der Waals surface area contributed by atoms with E-state index < -0.39 is 0 Å². The van der Waals surface area contributed by atoms with Gasteiger partial charge in [-0.05, 0) is 44.5 Å². The smallest absolute Gasteiger partial charge is 0.144 e. The Hall–Kier alpha value is -0.930. The van der Waals surface area contributed by atoms with E-state index in [4.69, 9.17) is 16.3 Å². The van der Waals surface area contributed by atoms with Gasteiger partial charge in [0.2, 0.25) is 0 Å². The number of rotatable bonds is 6. The number of benzene rings is 1. The molecular weight excluding hydrogens is 248 g/mol. The van der Waals surface area contributed by atoms with E-state index in [-0.39, 0.29) is 0 Å². The third-order valence-corrected chi connectivity index (χ3v) is 3.82. The number of methoxy groups -OCH3 is 1. The molecule has 0 aromatic heterocycles. The van der Waals surface area contributed by atoms with Crippen molar-refractivity contribution in [3.8, 4) is 5.75 Å². The average molecular weight is 269 g/mol. The first-order chi connectivity index (χ1) is 8.60. The maximum absolute atomic E-state index is 6.10. The Morgan fingerprint density at radius 3 is 2.61 bits per heavy atom. The first-order valence-corrected chi connectivity index (χ1v) is 6.71. The Morgan fingerprint density at radius 1 is 1.33 bits per heavy atom. The van der Waals surface area contributed by atoms with Crippen molar-refractivity contribution in [2.75, 3.05) is 32.6 Å². The van der Waals surface area contributed by atoms with Crippen molar-refractivity contribution in [3.05, 3.63) is 22.7 Å². The van der Waals surface area contributed by atoms with Gasteiger partial charge in [-0.25, -0.2) is 0 Å². The van der Waals surface area contributed by atoms with E-state index in [1.807, 2.05) is 26.1 Å². The fourth-order valence-electron chi connectivity index (χ4n) is 2.38. The van der Waals surface area contributed by atoms with Crippen LogP contribution in [-0.4, -0.2) is 27.2 Å². The summed E-state index contributed by atoms with van der Waals surface area (Å²) in [7, 11) is 3.70. The number of anilines is 1. The molecule has 0 amide bonds. The molecule has 1 aliphatic rings. The summed E-state index contributed by atoms with van der Waals surface area (Å²) in [5, 5.41) is 7.49. The van der Waals surface area contributed by atoms with Crippen molar-refractivity contribution < 1.29 is 4.74 Å². The van der Waals surface area contributed by atoms with Crippen molar-refractivity contribution in [1.82, 2.24) is 5.32 Å². The van der Waals surface area contributed by atoms with E-state index in [0.29, 0.717) is 5.41 Å². The zero-order valence-corrected chi connectivity index (χ0v) is 12.0. The van der Waals surface area contributed by atoms with Crippen LogP contribution in [0.5, 0.6) is 5.75 Å². The van der Waals surface area contributed by atoms with Crippen LogP contribution < -0.4 is 15.4 Å². The van der Waals surface area contributed by atoms with Gasteiger partial charge in [-0.2, -0.15) is 0 Å². The van der Waals surface area contributed by atoms with Crippen LogP contribution in [0.4, 0.5) is 5.69 Å². The van der Waals surface area contributed by atoms with Crippen LogP contribution in [0.15, 0.2) is 12.1 Å². The van der Waals surface area contributed by atoms with Crippen molar-refractivity contribution in [3.63, 3.8) is 0 Å². The van der Waals surface area contributed by atoms with Gasteiger partial charge in [0.15, 0.2) is 0 Å². The number of nitrogens with one attached hydrogen (secondary N) is 2. The molecule has 2 rings (SSSR count). The summed E-state index contributed by atoms with van der Waals surface area (Å²) in [6, 6.07) is 3.86. The molecule has 1 aliphatic carbocycles. The second kappa shape index (κ2) is 5.37. The molecular formula is C14H21ClN2O. The number of hydrogen-bond acceptors (Lipinski definition) is 3. The van der Waals surface area contributed by atoms with Gasteiger partial charge in [0.1, 0.15) is 5.75 Å². The lowest BCUT2D eigenvalue weighted by molar-refractivity contribution is 0.412. The topological polar surface area (TPSA) is 33.3 Å². The Morgan fingerprint density at radius 2 is 2.06 bits per heavy atom. The molecule has 1 saturated carbocycles. The highest BCUT2D eigenvalue weighted by molar-refractivity contribution is 6.31. The average Bonchev–Trinajstić information content (AvgIpc) is 3.07. The Bertz CT molecular complexity index is 430. The summed E-state index contributed by atoms with van der Waals surface area (Å²) in [5.41, 5.74) is 2.46. The molecule has 0 heterocycles. The summed E-state index contributed by atoms with van der Waals surface area (Å²) in [6.45, 7) is 4.03. The molecule has 100 valence electrons. The van der Waals surface area contributed by atoms with Crippen LogP contribution in [0.3, 0.4) is 0 Å². The maximum atomic E-state index is 6.10. The highest BCUT2D eigenvalue weighted by Crippen LogP contribution is 2.45. The van der Waals surface area contributed by atoms with Gasteiger partial charge in [-0.15, -0.1) is 0 Å². The van der Waals surface area contributed by atoms with E-state index in [0.717, 1.165) is 35.1 Å². The predicted molar refractivity (Wildman–Crippen MR) is 76.8 cm³/mol. The van der Waals surface area contributed by atoms with Gasteiger partial charge in [0, 0.05) is 23.5 Å². The number of ether oxygens (including phenoxy) is 1. The monoisotopic (exact) mass is 268 g/mol. The quantitative estimate of drug-likeness (QED) is 0.832. The lowest BCUT2D eigenvalue weighted by atomic mass is 10.1. The maximum Gasteiger partial charge on any atom is 0.144 e. The van der Waals surface area contributed by atoms with Gasteiger partial charge < -0.3 is 15.4 Å². The molecule has 3 nitrogen and oxygen atoms in total. The summed E-state index contributed by atoms with van der Waals surface area (Å²) in [4.78, 5) is 0. The number of hydrogen-bond donors (Lipinski definition) is 2. The normalized spacial score (nSPS) is 16.4. The van der Waals surface area contributed by atoms with E-state index in [1.54, 1.807) is 7.11 Å². The lowest BCUT2D eigenvalue weighted by Crippen LogP contribution is -2.27. The van der Waals surface area contributed by atoms with E-state index in [2.05, 4.69) is 10.6 Å². The molecule has 0 radical (unpaired) electrons. The molecule has 0 bridgehead atoms. The highest BCUT2D eigenvalue weighted by atomic mass is 35.5. The second-order valence-corrected chi connectivity index (χ2v) is 5.62. The minimum absolute atomic E-state index is 0.413. The first-order valence-electron chi connectivity index (χ1n) is 6.33. The molecule has 0 unspecified atom stereocenters. The minimum atomic E-state index is 0.413. The largest absolute Gasteiger partial charge is 0.494 e. The van der Waals surface area contributed by atoms with Crippen molar-refractivity contribution in [1.29, 1.82) is 0 Å². The molecule has 0 aliphatic heterocycles. The molecule has 4 heteroatoms. The molecule has 1 aromatic rings. The first kappa shape index (κ1) is 13.5. The third kappa shape index (κ3) is 2.90. The van der Waals surface area contributed by atoms with Crippen LogP contribution in [0.1, 0.15) is 18.4 Å². The molecule has 0 saturated heterocycles. The SMILES string of the molecule is CNCC1(CNc2cc(Cl)cc(C)c2OC)CC1. The molecule has 1 fully saturated rings. The van der Waals surface area contributed by atoms with E-state index in [9.17, 15) is 0 Å². The van der Waals surface area contributed by atoms with Crippen LogP contribution in [-0.2, 0) is 0 Å². The Balaban J connectivity index is 2.09. The summed E-state index contributed by atoms with van der Waals surface area (Å²) in [5.74, 6) is 0.889. The molecule has 1 aromatic carbocycles. The Kier molecular flexibility index (Phi) is 4.03. The van der Waals surface area contributed by atoms with Crippen LogP contribution >= 0.6 is 11.6 Å². The summed E-state index contributed by atoms with van der Waals surface area (Å²) in [6.07, 6.45) is 2.56. The minimum Gasteiger partial charge on any atom is -0.494 e. The summed E-state index contributed by atoms with van der Waals surface area (Å²) < 4.78 is 5.44. The van der Waals surface area contributed by atoms with E-state index >= 15 is 0 Å². The van der Waals surface area contributed by atoms with Gasteiger partial charge in [-0.3, -0.25) is 0 Å². The number of halogens is 1. The third-order valence-electron chi connectivity index (χ3n) is 3.61. The van der Waals surface area contributed by atoms with Gasteiger partial charge in [-0.1, -0.05) is 11.6 Å². The number of aryl methyl sites for hydroxylation is 1.